The predicted molar refractivity (Wildman–Crippen MR) is 115 cm³/mol. The third-order valence-electron chi connectivity index (χ3n) is 4.24. The van der Waals surface area contributed by atoms with Crippen molar-refractivity contribution in [3.05, 3.63) is 71.3 Å². The van der Waals surface area contributed by atoms with E-state index in [0.717, 1.165) is 38.5 Å². The molecule has 1 N–H and O–H groups in total. The Morgan fingerprint density at radius 1 is 1.00 bits per heavy atom. The minimum Gasteiger partial charge on any atom is -0.490 e. The van der Waals surface area contributed by atoms with Gasteiger partial charge in [0.1, 0.15) is 12.4 Å². The number of hydrogen-bond acceptors (Lipinski definition) is 4. The lowest BCUT2D eigenvalue weighted by Crippen LogP contribution is -2.42. The summed E-state index contributed by atoms with van der Waals surface area (Å²) in [7, 11) is 0. The highest BCUT2D eigenvalue weighted by atomic mass is 35.5. The first-order chi connectivity index (χ1) is 12.3. The molecule has 1 aliphatic rings. The average molecular weight is 406 g/mol. The molecular formula is C21H25Cl2N3O. The van der Waals surface area contributed by atoms with E-state index in [-0.39, 0.29) is 24.8 Å². The Balaban J connectivity index is 0.00000182. The lowest BCUT2D eigenvalue weighted by Gasteiger charge is -2.27. The molecule has 1 aliphatic heterocycles. The molecule has 6 heteroatoms. The quantitative estimate of drug-likeness (QED) is 0.791. The molecule has 0 aromatic heterocycles. The van der Waals surface area contributed by atoms with Crippen molar-refractivity contribution in [2.45, 2.75) is 6.54 Å². The number of ether oxygens (including phenoxy) is 1. The van der Waals surface area contributed by atoms with Crippen LogP contribution in [0.1, 0.15) is 16.7 Å². The summed E-state index contributed by atoms with van der Waals surface area (Å²) in [6.45, 7) is 5.94. The zero-order chi connectivity index (χ0) is 17.3. The molecule has 0 saturated carbocycles. The number of nitriles is 1. The molecule has 1 saturated heterocycles. The highest BCUT2D eigenvalue weighted by Crippen LogP contribution is 2.12. The largest absolute Gasteiger partial charge is 0.490 e. The van der Waals surface area contributed by atoms with E-state index in [1.807, 2.05) is 18.2 Å². The normalized spacial score (nSPS) is 14.0. The number of hydrogen-bond donors (Lipinski definition) is 1. The molecule has 0 bridgehead atoms. The molecule has 2 aromatic carbocycles. The maximum absolute atomic E-state index is 8.77. The lowest BCUT2D eigenvalue weighted by atomic mass is 10.1. The zero-order valence-corrected chi connectivity index (χ0v) is 16.8. The zero-order valence-electron chi connectivity index (χ0n) is 15.1. The summed E-state index contributed by atoms with van der Waals surface area (Å²) in [5.74, 6) is 0.773. The van der Waals surface area contributed by atoms with Gasteiger partial charge in [-0.25, -0.2) is 0 Å². The van der Waals surface area contributed by atoms with Crippen molar-refractivity contribution in [3.63, 3.8) is 0 Å². The van der Waals surface area contributed by atoms with Gasteiger partial charge >= 0.3 is 0 Å². The number of nitrogens with zero attached hydrogens (tertiary/aromatic N) is 2. The summed E-state index contributed by atoms with van der Waals surface area (Å²) in [6, 6.07) is 17.9. The van der Waals surface area contributed by atoms with E-state index in [9.17, 15) is 0 Å². The molecule has 4 nitrogen and oxygen atoms in total. The fourth-order valence-electron chi connectivity index (χ4n) is 2.82. The van der Waals surface area contributed by atoms with Gasteiger partial charge in [0.15, 0.2) is 0 Å². The van der Waals surface area contributed by atoms with Crippen molar-refractivity contribution >= 4 is 30.9 Å². The third-order valence-corrected chi connectivity index (χ3v) is 4.24. The van der Waals surface area contributed by atoms with Crippen molar-refractivity contribution in [3.8, 4) is 11.8 Å². The van der Waals surface area contributed by atoms with E-state index in [4.69, 9.17) is 10.00 Å². The maximum Gasteiger partial charge on any atom is 0.119 e. The van der Waals surface area contributed by atoms with Crippen molar-refractivity contribution in [2.24, 2.45) is 0 Å². The van der Waals surface area contributed by atoms with Crippen LogP contribution in [0.2, 0.25) is 0 Å². The smallest absolute Gasteiger partial charge is 0.119 e. The van der Waals surface area contributed by atoms with Crippen LogP contribution in [-0.2, 0) is 6.54 Å². The van der Waals surface area contributed by atoms with E-state index in [1.54, 1.807) is 12.1 Å². The fraction of sp³-hybridized carbons (Fsp3) is 0.286. The molecule has 0 unspecified atom stereocenters. The maximum atomic E-state index is 8.77. The van der Waals surface area contributed by atoms with Crippen molar-refractivity contribution < 1.29 is 4.74 Å². The van der Waals surface area contributed by atoms with Crippen LogP contribution in [0.25, 0.3) is 6.08 Å². The van der Waals surface area contributed by atoms with E-state index in [1.165, 1.54) is 11.1 Å². The van der Waals surface area contributed by atoms with Crippen molar-refractivity contribution in [1.29, 1.82) is 5.26 Å². The monoisotopic (exact) mass is 405 g/mol. The third kappa shape index (κ3) is 7.62. The van der Waals surface area contributed by atoms with Gasteiger partial charge in [0.2, 0.25) is 0 Å². The van der Waals surface area contributed by atoms with Gasteiger partial charge in [-0.2, -0.15) is 5.26 Å². The SMILES string of the molecule is Cl.Cl.N#Cc1ccc(OCC=Cc2ccc(CN3CCNCC3)cc2)cc1. The molecule has 0 aliphatic carbocycles. The first-order valence-electron chi connectivity index (χ1n) is 8.65. The summed E-state index contributed by atoms with van der Waals surface area (Å²) < 4.78 is 5.64. The molecular weight excluding hydrogens is 381 g/mol. The standard InChI is InChI=1S/C21H23N3O.2ClH/c22-16-19-7-9-21(10-8-19)25-15-1-2-18-3-5-20(6-4-18)17-24-13-11-23-12-14-24;;/h1-10,23H,11-15,17H2;2*1H. The Labute approximate surface area is 173 Å². The number of benzene rings is 2. The van der Waals surface area contributed by atoms with Gasteiger partial charge in [-0.3, -0.25) is 4.90 Å². The van der Waals surface area contributed by atoms with Gasteiger partial charge in [-0.05, 0) is 41.5 Å². The summed E-state index contributed by atoms with van der Waals surface area (Å²) in [6.07, 6.45) is 4.07. The van der Waals surface area contributed by atoms with Crippen LogP contribution in [0, 0.1) is 11.3 Å². The number of rotatable bonds is 6. The predicted octanol–water partition coefficient (Wildman–Crippen LogP) is 3.90. The summed E-state index contributed by atoms with van der Waals surface area (Å²) in [4.78, 5) is 2.48. The number of piperazine rings is 1. The Morgan fingerprint density at radius 3 is 2.30 bits per heavy atom. The summed E-state index contributed by atoms with van der Waals surface area (Å²) >= 11 is 0. The lowest BCUT2D eigenvalue weighted by molar-refractivity contribution is 0.233. The van der Waals surface area contributed by atoms with Crippen LogP contribution in [-0.4, -0.2) is 37.7 Å². The van der Waals surface area contributed by atoms with E-state index >= 15 is 0 Å². The highest BCUT2D eigenvalue weighted by Gasteiger charge is 2.09. The van der Waals surface area contributed by atoms with Gasteiger partial charge in [0, 0.05) is 32.7 Å². The Kier molecular flexibility index (Phi) is 10.5. The van der Waals surface area contributed by atoms with Crippen LogP contribution in [0.5, 0.6) is 5.75 Å². The Bertz CT molecular complexity index is 734. The molecule has 0 atom stereocenters. The minimum absolute atomic E-state index is 0. The van der Waals surface area contributed by atoms with Crippen molar-refractivity contribution in [1.82, 2.24) is 10.2 Å². The van der Waals surface area contributed by atoms with E-state index in [2.05, 4.69) is 46.6 Å². The topological polar surface area (TPSA) is 48.3 Å². The summed E-state index contributed by atoms with van der Waals surface area (Å²) in [5.41, 5.74) is 3.17. The van der Waals surface area contributed by atoms with E-state index in [0.29, 0.717) is 12.2 Å². The fourth-order valence-corrected chi connectivity index (χ4v) is 2.82. The first kappa shape index (κ1) is 23.0. The average Bonchev–Trinajstić information content (AvgIpc) is 2.68. The van der Waals surface area contributed by atoms with Gasteiger partial charge in [0.05, 0.1) is 11.6 Å². The molecule has 3 rings (SSSR count). The van der Waals surface area contributed by atoms with Crippen LogP contribution in [0.4, 0.5) is 0 Å². The van der Waals surface area contributed by atoms with Crippen LogP contribution in [0.15, 0.2) is 54.6 Å². The van der Waals surface area contributed by atoms with Gasteiger partial charge in [0.25, 0.3) is 0 Å². The second-order valence-corrected chi connectivity index (χ2v) is 6.12. The van der Waals surface area contributed by atoms with Gasteiger partial charge < -0.3 is 10.1 Å². The van der Waals surface area contributed by atoms with Gasteiger partial charge in [-0.1, -0.05) is 30.3 Å². The second-order valence-electron chi connectivity index (χ2n) is 6.12. The Morgan fingerprint density at radius 2 is 1.67 bits per heavy atom. The van der Waals surface area contributed by atoms with E-state index < -0.39 is 0 Å². The van der Waals surface area contributed by atoms with Crippen molar-refractivity contribution in [2.75, 3.05) is 32.8 Å². The number of halogens is 2. The molecule has 0 amide bonds. The van der Waals surface area contributed by atoms with Crippen LogP contribution in [0.3, 0.4) is 0 Å². The molecule has 144 valence electrons. The van der Waals surface area contributed by atoms with Crippen LogP contribution >= 0.6 is 24.8 Å². The first-order valence-corrected chi connectivity index (χ1v) is 8.65. The molecule has 1 heterocycles. The molecule has 0 radical (unpaired) electrons. The molecule has 1 fully saturated rings. The highest BCUT2D eigenvalue weighted by molar-refractivity contribution is 5.85. The molecule has 0 spiro atoms. The summed E-state index contributed by atoms with van der Waals surface area (Å²) in [5, 5.41) is 12.2. The van der Waals surface area contributed by atoms with Crippen LogP contribution < -0.4 is 10.1 Å². The van der Waals surface area contributed by atoms with Gasteiger partial charge in [-0.15, -0.1) is 24.8 Å². The molecule has 27 heavy (non-hydrogen) atoms. The number of nitrogens with one attached hydrogen (secondary N) is 1. The second kappa shape index (κ2) is 12.4. The minimum atomic E-state index is 0. The molecule has 2 aromatic rings. The Hall–Kier alpha value is -2.03.